The second-order valence-electron chi connectivity index (χ2n) is 2.43. The summed E-state index contributed by atoms with van der Waals surface area (Å²) in [6, 6.07) is 3.33. The maximum absolute atomic E-state index is 10.5. The van der Waals surface area contributed by atoms with Crippen LogP contribution in [0.4, 0.5) is 0 Å². The van der Waals surface area contributed by atoms with E-state index >= 15 is 0 Å². The molecule has 0 saturated carbocycles. The van der Waals surface area contributed by atoms with Gasteiger partial charge in [-0.1, -0.05) is 0 Å². The van der Waals surface area contributed by atoms with Crippen LogP contribution < -0.4 is 0 Å². The third kappa shape index (κ3) is 2.36. The van der Waals surface area contributed by atoms with Crippen molar-refractivity contribution >= 4 is 5.78 Å². The summed E-state index contributed by atoms with van der Waals surface area (Å²) < 4.78 is 4.92. The van der Waals surface area contributed by atoms with Crippen molar-refractivity contribution in [2.45, 2.75) is 13.0 Å². The first-order valence-electron chi connectivity index (χ1n) is 3.60. The van der Waals surface area contributed by atoms with Gasteiger partial charge in [0.15, 0.2) is 5.78 Å². The van der Waals surface area contributed by atoms with Gasteiger partial charge in [0.2, 0.25) is 0 Å². The van der Waals surface area contributed by atoms with Crippen LogP contribution in [0.2, 0.25) is 0 Å². The first-order valence-corrected chi connectivity index (χ1v) is 3.60. The Morgan fingerprint density at radius 3 is 3.00 bits per heavy atom. The van der Waals surface area contributed by atoms with Crippen LogP contribution in [0.3, 0.4) is 0 Å². The van der Waals surface area contributed by atoms with Gasteiger partial charge < -0.3 is 9.52 Å². The van der Waals surface area contributed by atoms with Crippen LogP contribution in [0.5, 0.6) is 0 Å². The highest BCUT2D eigenvalue weighted by Gasteiger charge is 2.04. The lowest BCUT2D eigenvalue weighted by atomic mass is 10.2. The lowest BCUT2D eigenvalue weighted by molar-refractivity contribution is -0.112. The van der Waals surface area contributed by atoms with E-state index in [2.05, 4.69) is 0 Å². The van der Waals surface area contributed by atoms with Gasteiger partial charge in [0.25, 0.3) is 0 Å². The summed E-state index contributed by atoms with van der Waals surface area (Å²) in [6.45, 7) is 1.42. The molecule has 1 N–H and O–H groups in total. The Bertz CT molecular complexity index is 272. The van der Waals surface area contributed by atoms with Crippen LogP contribution in [-0.4, -0.2) is 10.9 Å². The molecule has 0 amide bonds. The third-order valence-corrected chi connectivity index (χ3v) is 1.35. The Morgan fingerprint density at radius 2 is 2.50 bits per heavy atom. The van der Waals surface area contributed by atoms with E-state index < -0.39 is 6.10 Å². The van der Waals surface area contributed by atoms with E-state index in [1.807, 2.05) is 0 Å². The Hall–Kier alpha value is -1.35. The van der Waals surface area contributed by atoms with E-state index in [0.29, 0.717) is 5.76 Å². The molecular weight excluding hydrogens is 156 g/mol. The number of allylic oxidation sites excluding steroid dienone is 1. The fourth-order valence-electron chi connectivity index (χ4n) is 0.781. The molecule has 0 aliphatic carbocycles. The Kier molecular flexibility index (Phi) is 2.82. The molecule has 0 fully saturated rings. The lowest BCUT2D eigenvalue weighted by Crippen LogP contribution is -1.91. The topological polar surface area (TPSA) is 50.4 Å². The molecule has 1 heterocycles. The van der Waals surface area contributed by atoms with Crippen LogP contribution in [-0.2, 0) is 4.79 Å². The minimum atomic E-state index is -0.830. The largest absolute Gasteiger partial charge is 0.466 e. The molecule has 1 atom stereocenters. The number of aliphatic hydroxyl groups excluding tert-OH is 1. The molecule has 3 heteroatoms. The molecule has 0 spiro atoms. The van der Waals surface area contributed by atoms with Gasteiger partial charge in [-0.2, -0.15) is 0 Å². The summed E-state index contributed by atoms with van der Waals surface area (Å²) >= 11 is 0. The van der Waals surface area contributed by atoms with Crippen molar-refractivity contribution in [2.24, 2.45) is 0 Å². The van der Waals surface area contributed by atoms with Crippen molar-refractivity contribution in [2.75, 3.05) is 0 Å². The average Bonchev–Trinajstić information content (AvgIpc) is 2.51. The van der Waals surface area contributed by atoms with Crippen LogP contribution in [0.1, 0.15) is 18.8 Å². The molecule has 1 aromatic heterocycles. The highest BCUT2D eigenvalue weighted by Crippen LogP contribution is 2.13. The molecule has 0 aliphatic rings. The molecule has 1 rings (SSSR count). The fourth-order valence-corrected chi connectivity index (χ4v) is 0.781. The lowest BCUT2D eigenvalue weighted by Gasteiger charge is -1.98. The zero-order valence-electron chi connectivity index (χ0n) is 6.73. The molecule has 0 radical (unpaired) electrons. The molecule has 0 aliphatic heterocycles. The molecule has 0 bridgehead atoms. The highest BCUT2D eigenvalue weighted by atomic mass is 16.4. The normalized spacial score (nSPS) is 13.5. The van der Waals surface area contributed by atoms with Crippen molar-refractivity contribution in [1.29, 1.82) is 0 Å². The van der Waals surface area contributed by atoms with Gasteiger partial charge in [0.05, 0.1) is 6.26 Å². The first kappa shape index (κ1) is 8.74. The molecular formula is C9H10O3. The van der Waals surface area contributed by atoms with E-state index in [-0.39, 0.29) is 5.78 Å². The summed E-state index contributed by atoms with van der Waals surface area (Å²) in [5, 5.41) is 9.33. The number of rotatable bonds is 3. The van der Waals surface area contributed by atoms with Crippen molar-refractivity contribution in [3.05, 3.63) is 36.3 Å². The number of aliphatic hydroxyl groups is 1. The number of hydrogen-bond acceptors (Lipinski definition) is 3. The summed E-state index contributed by atoms with van der Waals surface area (Å²) in [5.41, 5.74) is 0. The molecule has 64 valence electrons. The van der Waals surface area contributed by atoms with Crippen LogP contribution in [0.25, 0.3) is 0 Å². The summed E-state index contributed by atoms with van der Waals surface area (Å²) in [7, 11) is 0. The van der Waals surface area contributed by atoms with Crippen molar-refractivity contribution in [3.8, 4) is 0 Å². The van der Waals surface area contributed by atoms with E-state index in [1.54, 1.807) is 12.1 Å². The first-order chi connectivity index (χ1) is 5.70. The standard InChI is InChI=1S/C9H10O3/c1-7(10)4-5-8(11)9-3-2-6-12-9/h2-6,8,11H,1H3/b5-4+. The fraction of sp³-hybridized carbons (Fsp3) is 0.222. The van der Waals surface area contributed by atoms with Crippen LogP contribution in [0, 0.1) is 0 Å². The zero-order valence-corrected chi connectivity index (χ0v) is 6.73. The van der Waals surface area contributed by atoms with Crippen molar-refractivity contribution < 1.29 is 14.3 Å². The molecule has 12 heavy (non-hydrogen) atoms. The summed E-state index contributed by atoms with van der Waals surface area (Å²) in [5.74, 6) is 0.341. The van der Waals surface area contributed by atoms with Crippen molar-refractivity contribution in [1.82, 2.24) is 0 Å². The third-order valence-electron chi connectivity index (χ3n) is 1.35. The molecule has 0 saturated heterocycles. The Balaban J connectivity index is 2.61. The van der Waals surface area contributed by atoms with Gasteiger partial charge in [0.1, 0.15) is 11.9 Å². The van der Waals surface area contributed by atoms with Gasteiger partial charge in [-0.3, -0.25) is 4.79 Å². The number of ketones is 1. The minimum absolute atomic E-state index is 0.0967. The second-order valence-corrected chi connectivity index (χ2v) is 2.43. The Labute approximate surface area is 70.3 Å². The maximum atomic E-state index is 10.5. The molecule has 0 aromatic carbocycles. The van der Waals surface area contributed by atoms with E-state index in [9.17, 15) is 9.90 Å². The van der Waals surface area contributed by atoms with Crippen molar-refractivity contribution in [3.63, 3.8) is 0 Å². The minimum Gasteiger partial charge on any atom is -0.466 e. The number of carbonyl (C=O) groups excluding carboxylic acids is 1. The number of hydrogen-bond donors (Lipinski definition) is 1. The van der Waals surface area contributed by atoms with Gasteiger partial charge in [0, 0.05) is 0 Å². The zero-order chi connectivity index (χ0) is 8.97. The maximum Gasteiger partial charge on any atom is 0.152 e. The smallest absolute Gasteiger partial charge is 0.152 e. The van der Waals surface area contributed by atoms with E-state index in [4.69, 9.17) is 4.42 Å². The van der Waals surface area contributed by atoms with Gasteiger partial charge in [-0.05, 0) is 31.2 Å². The summed E-state index contributed by atoms with van der Waals surface area (Å²) in [6.07, 6.45) is 3.35. The van der Waals surface area contributed by atoms with E-state index in [0.717, 1.165) is 0 Å². The number of furan rings is 1. The quantitative estimate of drug-likeness (QED) is 0.691. The molecule has 1 unspecified atom stereocenters. The second kappa shape index (κ2) is 3.88. The highest BCUT2D eigenvalue weighted by molar-refractivity contribution is 5.87. The summed E-state index contributed by atoms with van der Waals surface area (Å²) in [4.78, 5) is 10.5. The van der Waals surface area contributed by atoms with Crippen LogP contribution in [0.15, 0.2) is 35.0 Å². The van der Waals surface area contributed by atoms with E-state index in [1.165, 1.54) is 25.3 Å². The monoisotopic (exact) mass is 166 g/mol. The molecule has 1 aromatic rings. The Morgan fingerprint density at radius 1 is 1.75 bits per heavy atom. The predicted octanol–water partition coefficient (Wildman–Crippen LogP) is 1.46. The number of carbonyl (C=O) groups is 1. The van der Waals surface area contributed by atoms with Gasteiger partial charge >= 0.3 is 0 Å². The van der Waals surface area contributed by atoms with Crippen LogP contribution >= 0.6 is 0 Å². The van der Waals surface area contributed by atoms with Gasteiger partial charge in [-0.15, -0.1) is 0 Å². The van der Waals surface area contributed by atoms with Gasteiger partial charge in [-0.25, -0.2) is 0 Å². The molecule has 3 nitrogen and oxygen atoms in total. The SMILES string of the molecule is CC(=O)/C=C/C(O)c1ccco1. The average molecular weight is 166 g/mol. The predicted molar refractivity (Wildman–Crippen MR) is 43.5 cm³/mol.